The third-order valence-electron chi connectivity index (χ3n) is 2.23. The van der Waals surface area contributed by atoms with Crippen molar-refractivity contribution in [3.63, 3.8) is 0 Å². The maximum absolute atomic E-state index is 12.4. The molecule has 0 aromatic carbocycles. The molecule has 0 spiro atoms. The van der Waals surface area contributed by atoms with Crippen LogP contribution in [-0.2, 0) is 6.18 Å². The van der Waals surface area contributed by atoms with Gasteiger partial charge in [-0.05, 0) is 6.07 Å². The fourth-order valence-electron chi connectivity index (χ4n) is 1.28. The Hall–Kier alpha value is -1.70. The van der Waals surface area contributed by atoms with Gasteiger partial charge in [0.2, 0.25) is 5.88 Å². The molecule has 1 heterocycles. The van der Waals surface area contributed by atoms with Crippen molar-refractivity contribution in [1.82, 2.24) is 15.6 Å². The van der Waals surface area contributed by atoms with Crippen LogP contribution in [0.5, 0.6) is 5.88 Å². The molecular weight excluding hydrogens is 297 g/mol. The van der Waals surface area contributed by atoms with Gasteiger partial charge in [-0.3, -0.25) is 4.99 Å². The maximum Gasteiger partial charge on any atom is 0.417 e. The highest BCUT2D eigenvalue weighted by atomic mass is 35.5. The smallest absolute Gasteiger partial charge is 0.417 e. The minimum absolute atomic E-state index is 0.0408. The van der Waals surface area contributed by atoms with Gasteiger partial charge in [0.25, 0.3) is 0 Å². The summed E-state index contributed by atoms with van der Waals surface area (Å²) in [4.78, 5) is 7.43. The van der Waals surface area contributed by atoms with Gasteiger partial charge < -0.3 is 15.4 Å². The average molecular weight is 311 g/mol. The number of ether oxygens (including phenoxy) is 1. The number of nitrogens with one attached hydrogen (secondary N) is 2. The summed E-state index contributed by atoms with van der Waals surface area (Å²) < 4.78 is 42.4. The maximum atomic E-state index is 12.4. The minimum atomic E-state index is -4.48. The van der Waals surface area contributed by atoms with Crippen molar-refractivity contribution < 1.29 is 17.9 Å². The van der Waals surface area contributed by atoms with E-state index in [9.17, 15) is 13.2 Å². The van der Waals surface area contributed by atoms with Gasteiger partial charge in [-0.1, -0.05) is 11.6 Å². The fraction of sp³-hybridized carbons (Fsp3) is 0.455. The van der Waals surface area contributed by atoms with E-state index in [1.807, 2.05) is 0 Å². The molecule has 0 unspecified atom stereocenters. The molecule has 0 amide bonds. The van der Waals surface area contributed by atoms with E-state index in [4.69, 9.17) is 16.3 Å². The lowest BCUT2D eigenvalue weighted by molar-refractivity contribution is -0.137. The molecule has 0 saturated carbocycles. The van der Waals surface area contributed by atoms with Crippen molar-refractivity contribution in [3.05, 3.63) is 22.8 Å². The lowest BCUT2D eigenvalue weighted by Gasteiger charge is -2.11. The van der Waals surface area contributed by atoms with Gasteiger partial charge in [0.15, 0.2) is 5.96 Å². The zero-order valence-corrected chi connectivity index (χ0v) is 11.6. The summed E-state index contributed by atoms with van der Waals surface area (Å²) in [5.74, 6) is 0.529. The molecule has 0 aliphatic heterocycles. The molecule has 0 aliphatic carbocycles. The molecule has 2 N–H and O–H groups in total. The van der Waals surface area contributed by atoms with E-state index in [2.05, 4.69) is 20.6 Å². The largest absolute Gasteiger partial charge is 0.475 e. The topological polar surface area (TPSA) is 58.5 Å². The molecule has 0 aliphatic rings. The number of halogens is 4. The first-order valence-electron chi connectivity index (χ1n) is 5.62. The van der Waals surface area contributed by atoms with Gasteiger partial charge in [-0.25, -0.2) is 4.98 Å². The molecule has 9 heteroatoms. The van der Waals surface area contributed by atoms with Gasteiger partial charge in [-0.2, -0.15) is 13.2 Å². The Kier molecular flexibility index (Phi) is 5.87. The molecule has 1 rings (SSSR count). The summed E-state index contributed by atoms with van der Waals surface area (Å²) in [6.45, 7) is 0.575. The SMILES string of the molecule is CN=C(NC)NCCOc1ncc(C(F)(F)F)cc1Cl. The molecule has 0 radical (unpaired) electrons. The predicted molar refractivity (Wildman–Crippen MR) is 70.2 cm³/mol. The quantitative estimate of drug-likeness (QED) is 0.507. The summed E-state index contributed by atoms with van der Waals surface area (Å²) in [5.41, 5.74) is -0.913. The molecule has 20 heavy (non-hydrogen) atoms. The number of alkyl halides is 3. The van der Waals surface area contributed by atoms with Crippen molar-refractivity contribution >= 4 is 17.6 Å². The summed E-state index contributed by atoms with van der Waals surface area (Å²) in [6.07, 6.45) is -3.79. The predicted octanol–water partition coefficient (Wildman–Crippen LogP) is 1.93. The molecule has 1 aromatic rings. The van der Waals surface area contributed by atoms with Crippen LogP contribution >= 0.6 is 11.6 Å². The highest BCUT2D eigenvalue weighted by Crippen LogP contribution is 2.32. The Morgan fingerprint density at radius 1 is 1.50 bits per heavy atom. The van der Waals surface area contributed by atoms with Crippen molar-refractivity contribution in [1.29, 1.82) is 0 Å². The van der Waals surface area contributed by atoms with Gasteiger partial charge >= 0.3 is 6.18 Å². The van der Waals surface area contributed by atoms with E-state index in [0.29, 0.717) is 18.7 Å². The van der Waals surface area contributed by atoms with Crippen molar-refractivity contribution in [2.45, 2.75) is 6.18 Å². The summed E-state index contributed by atoms with van der Waals surface area (Å²) in [7, 11) is 3.30. The van der Waals surface area contributed by atoms with Crippen LogP contribution in [0.4, 0.5) is 13.2 Å². The van der Waals surface area contributed by atoms with Crippen LogP contribution in [0.3, 0.4) is 0 Å². The number of aliphatic imine (C=N–C) groups is 1. The molecule has 0 atom stereocenters. The summed E-state index contributed by atoms with van der Waals surface area (Å²) in [5, 5.41) is 5.53. The van der Waals surface area contributed by atoms with Crippen LogP contribution in [0.1, 0.15) is 5.56 Å². The van der Waals surface area contributed by atoms with E-state index in [1.165, 1.54) is 0 Å². The van der Waals surface area contributed by atoms with E-state index in [0.717, 1.165) is 6.07 Å². The normalized spacial score (nSPS) is 12.2. The molecule has 1 aromatic heterocycles. The molecule has 0 bridgehead atoms. The van der Waals surface area contributed by atoms with E-state index in [1.54, 1.807) is 14.1 Å². The molecule has 0 saturated heterocycles. The van der Waals surface area contributed by atoms with Gasteiger partial charge in [0.05, 0.1) is 12.1 Å². The fourth-order valence-corrected chi connectivity index (χ4v) is 1.50. The second-order valence-corrected chi connectivity index (χ2v) is 4.01. The van der Waals surface area contributed by atoms with Gasteiger partial charge in [-0.15, -0.1) is 0 Å². The van der Waals surface area contributed by atoms with E-state index in [-0.39, 0.29) is 17.5 Å². The first-order valence-corrected chi connectivity index (χ1v) is 6.00. The lowest BCUT2D eigenvalue weighted by atomic mass is 10.3. The number of guanidine groups is 1. The van der Waals surface area contributed by atoms with E-state index >= 15 is 0 Å². The number of aromatic nitrogens is 1. The first-order chi connectivity index (χ1) is 9.38. The monoisotopic (exact) mass is 310 g/mol. The zero-order chi connectivity index (χ0) is 15.2. The number of hydrogen-bond acceptors (Lipinski definition) is 3. The molecular formula is C11H14ClF3N4O. The molecule has 5 nitrogen and oxygen atoms in total. The minimum Gasteiger partial charge on any atom is -0.475 e. The highest BCUT2D eigenvalue weighted by molar-refractivity contribution is 6.31. The first kappa shape index (κ1) is 16.4. The van der Waals surface area contributed by atoms with Gasteiger partial charge in [0.1, 0.15) is 11.6 Å². The Balaban J connectivity index is 2.53. The second-order valence-electron chi connectivity index (χ2n) is 3.61. The Bertz CT molecular complexity index is 479. The average Bonchev–Trinajstić information content (AvgIpc) is 2.39. The van der Waals surface area contributed by atoms with Crippen LogP contribution < -0.4 is 15.4 Å². The summed E-state index contributed by atoms with van der Waals surface area (Å²) in [6, 6.07) is 0.782. The molecule has 0 fully saturated rings. The van der Waals surface area contributed by atoms with Crippen LogP contribution in [0.25, 0.3) is 0 Å². The lowest BCUT2D eigenvalue weighted by Crippen LogP contribution is -2.37. The van der Waals surface area contributed by atoms with Crippen molar-refractivity contribution in [2.24, 2.45) is 4.99 Å². The van der Waals surface area contributed by atoms with Crippen LogP contribution in [0.15, 0.2) is 17.3 Å². The number of hydrogen-bond donors (Lipinski definition) is 2. The van der Waals surface area contributed by atoms with Crippen molar-refractivity contribution in [3.8, 4) is 5.88 Å². The standard InChI is InChI=1S/C11H14ClF3N4O/c1-16-10(17-2)18-3-4-20-9-8(12)5-7(6-19-9)11(13,14)15/h5-6H,3-4H2,1-2H3,(H2,16,17,18). The van der Waals surface area contributed by atoms with Gasteiger partial charge in [0, 0.05) is 20.3 Å². The number of pyridine rings is 1. The number of rotatable bonds is 4. The Morgan fingerprint density at radius 3 is 2.70 bits per heavy atom. The molecule has 112 valence electrons. The van der Waals surface area contributed by atoms with E-state index < -0.39 is 11.7 Å². The number of nitrogens with zero attached hydrogens (tertiary/aromatic N) is 2. The summed E-state index contributed by atoms with van der Waals surface area (Å²) >= 11 is 5.69. The van der Waals surface area contributed by atoms with Crippen LogP contribution in [0, 0.1) is 0 Å². The zero-order valence-electron chi connectivity index (χ0n) is 10.9. The van der Waals surface area contributed by atoms with Crippen LogP contribution in [-0.4, -0.2) is 38.2 Å². The third-order valence-corrected chi connectivity index (χ3v) is 2.50. The van der Waals surface area contributed by atoms with Crippen LogP contribution in [0.2, 0.25) is 5.02 Å². The second kappa shape index (κ2) is 7.18. The van der Waals surface area contributed by atoms with Crippen molar-refractivity contribution in [2.75, 3.05) is 27.2 Å². The Morgan fingerprint density at radius 2 is 2.20 bits per heavy atom. The highest BCUT2D eigenvalue weighted by Gasteiger charge is 2.31. The third kappa shape index (κ3) is 4.76. The Labute approximate surface area is 119 Å².